The normalized spacial score (nSPS) is 17.6. The Hall–Kier alpha value is -1.81. The molecule has 156 valence electrons. The summed E-state index contributed by atoms with van der Waals surface area (Å²) in [6.45, 7) is 2.83. The number of anilines is 1. The van der Waals surface area contributed by atoms with Gasteiger partial charge in [-0.3, -0.25) is 0 Å². The van der Waals surface area contributed by atoms with Crippen molar-refractivity contribution in [2.24, 2.45) is 9.50 Å². The first-order valence-corrected chi connectivity index (χ1v) is 12.1. The first kappa shape index (κ1) is 20.5. The van der Waals surface area contributed by atoms with Crippen molar-refractivity contribution in [2.45, 2.75) is 62.2 Å². The van der Waals surface area contributed by atoms with Gasteiger partial charge in [0.05, 0.1) is 5.60 Å². The van der Waals surface area contributed by atoms with Gasteiger partial charge in [0.15, 0.2) is 19.9 Å². The average molecular weight is 438 g/mol. The van der Waals surface area contributed by atoms with E-state index in [9.17, 15) is 18.5 Å². The Morgan fingerprint density at radius 3 is 2.34 bits per heavy atom. The molecule has 2 aliphatic carbocycles. The molecule has 2 aromatic rings. The number of aryl methyl sites for hydroxylation is 2. The molecule has 9 heteroatoms. The molecule has 1 atom stereocenters. The Balaban J connectivity index is 1.68. The van der Waals surface area contributed by atoms with Crippen molar-refractivity contribution in [3.8, 4) is 0 Å². The highest BCUT2D eigenvalue weighted by Gasteiger charge is 2.29. The number of thiophene rings is 1. The van der Waals surface area contributed by atoms with E-state index < -0.39 is 27.4 Å². The Bertz CT molecular complexity index is 1090. The quantitative estimate of drug-likeness (QED) is 0.675. The summed E-state index contributed by atoms with van der Waals surface area (Å²) in [5.41, 5.74) is 4.00. The van der Waals surface area contributed by atoms with Crippen molar-refractivity contribution in [1.29, 1.82) is 0 Å². The predicted octanol–water partition coefficient (Wildman–Crippen LogP) is 4.02. The van der Waals surface area contributed by atoms with Crippen LogP contribution in [0.4, 0.5) is 14.9 Å². The number of nitrogens with two attached hydrogens (primary N) is 1. The van der Waals surface area contributed by atoms with Crippen LogP contribution in [0.3, 0.4) is 0 Å². The van der Waals surface area contributed by atoms with Gasteiger partial charge in [-0.2, -0.15) is 0 Å². The van der Waals surface area contributed by atoms with Crippen LogP contribution >= 0.6 is 11.3 Å². The number of urea groups is 1. The maximum Gasteiger partial charge on any atom is 0.354 e. The number of rotatable bonds is 3. The molecule has 29 heavy (non-hydrogen) atoms. The summed E-state index contributed by atoms with van der Waals surface area (Å²) in [5, 5.41) is 19.9. The van der Waals surface area contributed by atoms with Gasteiger partial charge in [-0.05, 0) is 74.6 Å². The van der Waals surface area contributed by atoms with Crippen LogP contribution in [0.2, 0.25) is 0 Å². The summed E-state index contributed by atoms with van der Waals surface area (Å²) >= 11 is 0.789. The molecule has 6 nitrogen and oxygen atoms in total. The molecule has 0 saturated carbocycles. The van der Waals surface area contributed by atoms with Crippen LogP contribution in [0.5, 0.6) is 0 Å². The fraction of sp³-hybridized carbons (Fsp3) is 0.450. The second-order valence-corrected chi connectivity index (χ2v) is 11.0. The van der Waals surface area contributed by atoms with Crippen molar-refractivity contribution in [3.63, 3.8) is 0 Å². The first-order valence-electron chi connectivity index (χ1n) is 9.60. The van der Waals surface area contributed by atoms with Gasteiger partial charge in [0.25, 0.3) is 0 Å². The van der Waals surface area contributed by atoms with Crippen LogP contribution in [-0.2, 0) is 41.2 Å². The van der Waals surface area contributed by atoms with Crippen LogP contribution in [0.15, 0.2) is 20.0 Å². The summed E-state index contributed by atoms with van der Waals surface area (Å²) < 4.78 is 30.8. The minimum atomic E-state index is -3.78. The summed E-state index contributed by atoms with van der Waals surface area (Å²) in [7, 11) is -3.78. The number of nitrogens with one attached hydrogen (secondary N) is 1. The highest BCUT2D eigenvalue weighted by Crippen LogP contribution is 2.39. The van der Waals surface area contributed by atoms with E-state index in [1.54, 1.807) is 0 Å². The number of halogens is 1. The Morgan fingerprint density at radius 1 is 1.24 bits per heavy atom. The van der Waals surface area contributed by atoms with E-state index in [0.29, 0.717) is 0 Å². The number of carbonyl (C=O) groups is 1. The Morgan fingerprint density at radius 2 is 1.83 bits per heavy atom. The molecule has 0 aliphatic heterocycles. The third-order valence-electron chi connectivity index (χ3n) is 5.55. The lowest BCUT2D eigenvalue weighted by Crippen LogP contribution is -2.20. The van der Waals surface area contributed by atoms with Crippen molar-refractivity contribution < 1.29 is 18.5 Å². The number of fused-ring (bicyclic) bond motifs is 2. The number of amides is 2. The van der Waals surface area contributed by atoms with Gasteiger partial charge < -0.3 is 10.4 Å². The van der Waals surface area contributed by atoms with E-state index in [4.69, 9.17) is 5.14 Å². The molecule has 2 aliphatic rings. The van der Waals surface area contributed by atoms with Crippen LogP contribution < -0.4 is 10.5 Å². The zero-order valence-corrected chi connectivity index (χ0v) is 18.0. The molecule has 1 heterocycles. The summed E-state index contributed by atoms with van der Waals surface area (Å²) in [6.07, 6.45) is 5.79. The molecule has 0 fully saturated rings. The van der Waals surface area contributed by atoms with Gasteiger partial charge in [-0.1, -0.05) is 6.07 Å². The second kappa shape index (κ2) is 7.16. The number of nitrogens with zero attached hydrogens (tertiary/aromatic N) is 1. The molecule has 2 amide bonds. The van der Waals surface area contributed by atoms with E-state index in [-0.39, 0.29) is 9.77 Å². The minimum Gasteiger partial charge on any atom is -0.386 e. The fourth-order valence-electron chi connectivity index (χ4n) is 4.20. The maximum atomic E-state index is 14.7. The van der Waals surface area contributed by atoms with E-state index in [1.807, 2.05) is 0 Å². The largest absolute Gasteiger partial charge is 0.386 e. The molecule has 1 aromatic carbocycles. The number of benzene rings is 1. The van der Waals surface area contributed by atoms with Gasteiger partial charge in [0.1, 0.15) is 0 Å². The van der Waals surface area contributed by atoms with E-state index in [2.05, 4.69) is 15.7 Å². The smallest absolute Gasteiger partial charge is 0.354 e. The summed E-state index contributed by atoms with van der Waals surface area (Å²) in [5.74, 6) is -0.881. The standard InChI is InChI=1S/C20H24FN3O3S2/c1-20(2,26)15-10-28-18(16(15)21)29(22,27)24-19(25)23-17-13-7-3-5-11(13)9-12-6-4-8-14(12)17/h9-10,26H,3-8H2,1-2H3,(H3,22,23,24,25,27)/t29-/m0/s1. The number of hydrogen-bond donors (Lipinski definition) is 3. The zero-order chi connectivity index (χ0) is 21.0. The van der Waals surface area contributed by atoms with Crippen molar-refractivity contribution in [3.05, 3.63) is 45.1 Å². The first-order chi connectivity index (χ1) is 13.6. The highest BCUT2D eigenvalue weighted by molar-refractivity contribution is 7.93. The van der Waals surface area contributed by atoms with Gasteiger partial charge in [-0.15, -0.1) is 15.7 Å². The second-order valence-electron chi connectivity index (χ2n) is 8.13. The van der Waals surface area contributed by atoms with E-state index in [1.165, 1.54) is 30.4 Å². The highest BCUT2D eigenvalue weighted by atomic mass is 32.2. The maximum absolute atomic E-state index is 14.7. The van der Waals surface area contributed by atoms with Crippen LogP contribution in [-0.4, -0.2) is 15.3 Å². The molecule has 0 bridgehead atoms. The number of aliphatic hydroxyl groups is 1. The lowest BCUT2D eigenvalue weighted by Gasteiger charge is -2.16. The lowest BCUT2D eigenvalue weighted by molar-refractivity contribution is 0.0748. The van der Waals surface area contributed by atoms with Crippen LogP contribution in [0.25, 0.3) is 0 Å². The number of carbonyl (C=O) groups excluding carboxylic acids is 1. The van der Waals surface area contributed by atoms with Crippen molar-refractivity contribution in [2.75, 3.05) is 5.32 Å². The van der Waals surface area contributed by atoms with Gasteiger partial charge in [0.2, 0.25) is 0 Å². The Labute approximate surface area is 173 Å². The molecule has 1 aromatic heterocycles. The van der Waals surface area contributed by atoms with E-state index >= 15 is 0 Å². The molecule has 4 N–H and O–H groups in total. The van der Waals surface area contributed by atoms with Crippen LogP contribution in [0.1, 0.15) is 54.5 Å². The Kier molecular flexibility index (Phi) is 5.05. The predicted molar refractivity (Wildman–Crippen MR) is 112 cm³/mol. The van der Waals surface area contributed by atoms with Gasteiger partial charge in [0, 0.05) is 16.6 Å². The topological polar surface area (TPSA) is 105 Å². The third kappa shape index (κ3) is 3.72. The van der Waals surface area contributed by atoms with Crippen LogP contribution in [0, 0.1) is 5.82 Å². The summed E-state index contributed by atoms with van der Waals surface area (Å²) in [6, 6.07) is 1.40. The zero-order valence-electron chi connectivity index (χ0n) is 16.4. The fourth-order valence-corrected chi connectivity index (χ4v) is 6.58. The average Bonchev–Trinajstić information content (AvgIpc) is 3.31. The monoisotopic (exact) mass is 437 g/mol. The summed E-state index contributed by atoms with van der Waals surface area (Å²) in [4.78, 5) is 12.6. The van der Waals surface area contributed by atoms with Crippen molar-refractivity contribution in [1.82, 2.24) is 0 Å². The molecular formula is C20H24FN3O3S2. The minimum absolute atomic E-state index is 0.0232. The lowest BCUT2D eigenvalue weighted by atomic mass is 9.99. The molecule has 4 rings (SSSR count). The van der Waals surface area contributed by atoms with Crippen molar-refractivity contribution >= 4 is 33.0 Å². The molecule has 0 radical (unpaired) electrons. The number of hydrogen-bond acceptors (Lipinski definition) is 4. The molecule has 0 spiro atoms. The van der Waals surface area contributed by atoms with Gasteiger partial charge >= 0.3 is 6.03 Å². The van der Waals surface area contributed by atoms with E-state index in [0.717, 1.165) is 66.7 Å². The molecular weight excluding hydrogens is 413 g/mol. The molecule has 0 saturated heterocycles. The SMILES string of the molecule is CC(C)(O)c1csc([S@@](N)(=O)=NC(=O)Nc2c3c(cc4c2CCC4)CCC3)c1F. The molecule has 0 unspecified atom stereocenters. The third-order valence-corrected chi connectivity index (χ3v) is 8.45. The van der Waals surface area contributed by atoms with Gasteiger partial charge in [-0.25, -0.2) is 18.5 Å².